The van der Waals surface area contributed by atoms with Crippen LogP contribution in [0.25, 0.3) is 0 Å². The third-order valence-electron chi connectivity index (χ3n) is 3.65. The zero-order valence-electron chi connectivity index (χ0n) is 13.5. The molecule has 1 rings (SSSR count). The van der Waals surface area contributed by atoms with Crippen LogP contribution in [-0.2, 0) is 16.4 Å². The molecule has 0 aliphatic heterocycles. The van der Waals surface area contributed by atoms with Gasteiger partial charge in [0.05, 0.1) is 11.6 Å². The number of thioether (sulfide) groups is 1. The molecule has 0 aliphatic carbocycles. The standard InChI is InChI=1S/C16H23F3N2OS/c1-15(2,10-21-14(22)13(20)7-8-23-3)11-5-4-6-12(9-11)16(17,18)19/h4-6,9,13H,7-8,10,20H2,1-3H3,(H,21,22)/t13-/m0/s1. The predicted molar refractivity (Wildman–Crippen MR) is 88.5 cm³/mol. The van der Waals surface area contributed by atoms with Gasteiger partial charge in [0.1, 0.15) is 0 Å². The molecule has 1 atom stereocenters. The van der Waals surface area contributed by atoms with E-state index in [0.29, 0.717) is 12.0 Å². The van der Waals surface area contributed by atoms with Crippen molar-refractivity contribution in [2.45, 2.75) is 37.9 Å². The Morgan fingerprint density at radius 3 is 2.48 bits per heavy atom. The average Bonchev–Trinajstić information content (AvgIpc) is 2.49. The maximum atomic E-state index is 12.8. The topological polar surface area (TPSA) is 55.1 Å². The first-order chi connectivity index (χ1) is 10.6. The Morgan fingerprint density at radius 2 is 1.91 bits per heavy atom. The molecule has 0 unspecified atom stereocenters. The van der Waals surface area contributed by atoms with Gasteiger partial charge in [-0.3, -0.25) is 4.79 Å². The van der Waals surface area contributed by atoms with E-state index in [9.17, 15) is 18.0 Å². The Kier molecular flexibility index (Phi) is 6.95. The van der Waals surface area contributed by atoms with E-state index in [1.807, 2.05) is 6.26 Å². The van der Waals surface area contributed by atoms with Crippen molar-refractivity contribution in [2.24, 2.45) is 5.73 Å². The van der Waals surface area contributed by atoms with Gasteiger partial charge in [-0.25, -0.2) is 0 Å². The number of nitrogens with two attached hydrogens (primary N) is 1. The number of rotatable bonds is 7. The first-order valence-electron chi connectivity index (χ1n) is 7.28. The molecule has 0 aromatic heterocycles. The monoisotopic (exact) mass is 348 g/mol. The van der Waals surface area contributed by atoms with Crippen LogP contribution in [0.1, 0.15) is 31.4 Å². The number of alkyl halides is 3. The van der Waals surface area contributed by atoms with Gasteiger partial charge in [-0.2, -0.15) is 24.9 Å². The van der Waals surface area contributed by atoms with Crippen LogP contribution in [0.2, 0.25) is 0 Å². The molecule has 0 saturated carbocycles. The van der Waals surface area contributed by atoms with Crippen molar-refractivity contribution in [3.63, 3.8) is 0 Å². The van der Waals surface area contributed by atoms with Crippen LogP contribution in [0.5, 0.6) is 0 Å². The van der Waals surface area contributed by atoms with Gasteiger partial charge in [-0.1, -0.05) is 32.0 Å². The summed E-state index contributed by atoms with van der Waals surface area (Å²) in [6, 6.07) is 4.58. The van der Waals surface area contributed by atoms with E-state index in [0.717, 1.165) is 17.9 Å². The van der Waals surface area contributed by atoms with Crippen molar-refractivity contribution in [2.75, 3.05) is 18.6 Å². The fourth-order valence-corrected chi connectivity index (χ4v) is 2.52. The van der Waals surface area contributed by atoms with E-state index >= 15 is 0 Å². The number of halogens is 3. The largest absolute Gasteiger partial charge is 0.416 e. The fraction of sp³-hybridized carbons (Fsp3) is 0.562. The van der Waals surface area contributed by atoms with Crippen LogP contribution in [0.3, 0.4) is 0 Å². The lowest BCUT2D eigenvalue weighted by Gasteiger charge is -2.27. The molecule has 3 nitrogen and oxygen atoms in total. The van der Waals surface area contributed by atoms with Gasteiger partial charge in [0.25, 0.3) is 0 Å². The van der Waals surface area contributed by atoms with E-state index in [1.54, 1.807) is 31.7 Å². The van der Waals surface area contributed by atoms with Crippen molar-refractivity contribution >= 4 is 17.7 Å². The normalized spacial score (nSPS) is 13.7. The summed E-state index contributed by atoms with van der Waals surface area (Å²) < 4.78 is 38.4. The Balaban J connectivity index is 2.74. The molecule has 3 N–H and O–H groups in total. The molecule has 130 valence electrons. The summed E-state index contributed by atoms with van der Waals surface area (Å²) in [5, 5.41) is 2.73. The van der Waals surface area contributed by atoms with Gasteiger partial charge in [-0.05, 0) is 30.1 Å². The SMILES string of the molecule is CSCC[C@H](N)C(=O)NCC(C)(C)c1cccc(C(F)(F)F)c1. The van der Waals surface area contributed by atoms with E-state index < -0.39 is 23.2 Å². The number of hydrogen-bond donors (Lipinski definition) is 2. The Hall–Kier alpha value is -1.21. The third kappa shape index (κ3) is 6.06. The third-order valence-corrected chi connectivity index (χ3v) is 4.29. The van der Waals surface area contributed by atoms with Gasteiger partial charge < -0.3 is 11.1 Å². The molecule has 7 heteroatoms. The molecule has 0 spiro atoms. The fourth-order valence-electron chi connectivity index (χ4n) is 2.03. The molecular formula is C16H23F3N2OS. The highest BCUT2D eigenvalue weighted by molar-refractivity contribution is 7.98. The maximum Gasteiger partial charge on any atom is 0.416 e. The summed E-state index contributed by atoms with van der Waals surface area (Å²) >= 11 is 1.61. The van der Waals surface area contributed by atoms with Gasteiger partial charge in [0.15, 0.2) is 0 Å². The van der Waals surface area contributed by atoms with E-state index in [4.69, 9.17) is 5.73 Å². The molecule has 0 radical (unpaired) electrons. The van der Waals surface area contributed by atoms with Crippen molar-refractivity contribution < 1.29 is 18.0 Å². The van der Waals surface area contributed by atoms with Crippen LogP contribution < -0.4 is 11.1 Å². The molecule has 0 saturated heterocycles. The molecule has 0 heterocycles. The van der Waals surface area contributed by atoms with Crippen molar-refractivity contribution in [3.05, 3.63) is 35.4 Å². The van der Waals surface area contributed by atoms with Gasteiger partial charge in [0.2, 0.25) is 5.91 Å². The summed E-state index contributed by atoms with van der Waals surface area (Å²) in [6.07, 6.45) is -1.88. The second kappa shape index (κ2) is 8.06. The summed E-state index contributed by atoms with van der Waals surface area (Å²) in [4.78, 5) is 11.9. The Morgan fingerprint density at radius 1 is 1.30 bits per heavy atom. The van der Waals surface area contributed by atoms with Crippen LogP contribution in [-0.4, -0.2) is 30.5 Å². The maximum absolute atomic E-state index is 12.8. The minimum absolute atomic E-state index is 0.222. The molecule has 1 aromatic rings. The molecule has 0 bridgehead atoms. The molecule has 1 amide bonds. The van der Waals surface area contributed by atoms with E-state index in [1.165, 1.54) is 6.07 Å². The first-order valence-corrected chi connectivity index (χ1v) is 8.67. The second-order valence-electron chi connectivity index (χ2n) is 6.07. The van der Waals surface area contributed by atoms with Gasteiger partial charge in [-0.15, -0.1) is 0 Å². The predicted octanol–water partition coefficient (Wildman–Crippen LogP) is 3.18. The number of amides is 1. The lowest BCUT2D eigenvalue weighted by Crippen LogP contribution is -2.45. The van der Waals surface area contributed by atoms with Crippen molar-refractivity contribution in [1.29, 1.82) is 0 Å². The molecule has 0 aliphatic rings. The Bertz CT molecular complexity index is 532. The smallest absolute Gasteiger partial charge is 0.354 e. The molecule has 0 fully saturated rings. The van der Waals surface area contributed by atoms with E-state index in [-0.39, 0.29) is 12.5 Å². The van der Waals surface area contributed by atoms with E-state index in [2.05, 4.69) is 5.32 Å². The number of nitrogens with one attached hydrogen (secondary N) is 1. The molecular weight excluding hydrogens is 325 g/mol. The number of hydrogen-bond acceptors (Lipinski definition) is 3. The van der Waals surface area contributed by atoms with Crippen LogP contribution in [0.4, 0.5) is 13.2 Å². The van der Waals surface area contributed by atoms with Crippen LogP contribution in [0.15, 0.2) is 24.3 Å². The van der Waals surface area contributed by atoms with Crippen molar-refractivity contribution in [1.82, 2.24) is 5.32 Å². The lowest BCUT2D eigenvalue weighted by atomic mass is 9.83. The quantitative estimate of drug-likeness (QED) is 0.796. The summed E-state index contributed by atoms with van der Waals surface area (Å²) in [6.45, 7) is 3.80. The number of carbonyl (C=O) groups excluding carboxylic acids is 1. The van der Waals surface area contributed by atoms with Gasteiger partial charge >= 0.3 is 6.18 Å². The first kappa shape index (κ1) is 19.8. The summed E-state index contributed by atoms with van der Waals surface area (Å²) in [5.41, 5.74) is 4.98. The van der Waals surface area contributed by atoms with Crippen LogP contribution in [0, 0.1) is 0 Å². The van der Waals surface area contributed by atoms with Crippen molar-refractivity contribution in [3.8, 4) is 0 Å². The summed E-state index contributed by atoms with van der Waals surface area (Å²) in [7, 11) is 0. The number of carbonyl (C=O) groups is 1. The highest BCUT2D eigenvalue weighted by Gasteiger charge is 2.32. The Labute approximate surface area is 139 Å². The van der Waals surface area contributed by atoms with Crippen LogP contribution >= 0.6 is 11.8 Å². The molecule has 23 heavy (non-hydrogen) atoms. The minimum Gasteiger partial charge on any atom is -0.354 e. The highest BCUT2D eigenvalue weighted by Crippen LogP contribution is 2.32. The zero-order valence-corrected chi connectivity index (χ0v) is 14.4. The second-order valence-corrected chi connectivity index (χ2v) is 7.05. The molecule has 1 aromatic carbocycles. The number of benzene rings is 1. The lowest BCUT2D eigenvalue weighted by molar-refractivity contribution is -0.137. The highest BCUT2D eigenvalue weighted by atomic mass is 32.2. The summed E-state index contributed by atoms with van der Waals surface area (Å²) in [5.74, 6) is 0.505. The average molecular weight is 348 g/mol. The van der Waals surface area contributed by atoms with Gasteiger partial charge in [0, 0.05) is 12.0 Å². The zero-order chi connectivity index (χ0) is 17.7. The minimum atomic E-state index is -4.38.